The Bertz CT molecular complexity index is 335. The Balaban J connectivity index is 2.47. The lowest BCUT2D eigenvalue weighted by Gasteiger charge is -2.14. The van der Waals surface area contributed by atoms with Crippen molar-refractivity contribution in [1.29, 1.82) is 0 Å². The summed E-state index contributed by atoms with van der Waals surface area (Å²) in [6.07, 6.45) is 0.953. The summed E-state index contributed by atoms with van der Waals surface area (Å²) in [4.78, 5) is 11.1. The lowest BCUT2D eigenvalue weighted by atomic mass is 10.1. The largest absolute Gasteiger partial charge is 0.468 e. The highest BCUT2D eigenvalue weighted by molar-refractivity contribution is 7.90. The van der Waals surface area contributed by atoms with Gasteiger partial charge < -0.3 is 10.1 Å². The molecule has 1 aliphatic heterocycles. The highest BCUT2D eigenvalue weighted by Gasteiger charge is 2.29. The van der Waals surface area contributed by atoms with E-state index in [4.69, 9.17) is 0 Å². The monoisotopic (exact) mass is 250 g/mol. The zero-order chi connectivity index (χ0) is 12.2. The molecule has 0 aromatic carbocycles. The van der Waals surface area contributed by atoms with E-state index < -0.39 is 21.2 Å². The quantitative estimate of drug-likeness (QED) is 0.616. The second-order valence-corrected chi connectivity index (χ2v) is 6.00. The molecule has 1 rings (SSSR count). The first-order valence-corrected chi connectivity index (χ1v) is 6.79. The fourth-order valence-corrected chi connectivity index (χ4v) is 2.61. The maximum Gasteiger partial charge on any atom is 0.325 e. The number of hydrogen-bond acceptors (Lipinski definition) is 5. The average Bonchev–Trinajstić information content (AvgIpc) is 2.77. The molecule has 16 heavy (non-hydrogen) atoms. The van der Waals surface area contributed by atoms with Gasteiger partial charge in [-0.3, -0.25) is 4.79 Å². The second kappa shape index (κ2) is 5.60. The number of carbonyl (C=O) groups excluding carboxylic acids is 1. The minimum Gasteiger partial charge on any atom is -0.468 e. The van der Waals surface area contributed by atoms with E-state index in [1.165, 1.54) is 14.0 Å². The SMILES string of the molecule is COC(=O)C(C)S(=O)(=O)NCC1CCNC1. The molecule has 2 atom stereocenters. The van der Waals surface area contributed by atoms with Gasteiger partial charge in [-0.15, -0.1) is 0 Å². The van der Waals surface area contributed by atoms with E-state index in [9.17, 15) is 13.2 Å². The van der Waals surface area contributed by atoms with Crippen LogP contribution in [-0.4, -0.2) is 46.4 Å². The van der Waals surface area contributed by atoms with Crippen molar-refractivity contribution >= 4 is 16.0 Å². The van der Waals surface area contributed by atoms with E-state index in [0.29, 0.717) is 12.5 Å². The van der Waals surface area contributed by atoms with Crippen LogP contribution >= 0.6 is 0 Å². The molecule has 6 nitrogen and oxygen atoms in total. The third-order valence-electron chi connectivity index (χ3n) is 2.73. The van der Waals surface area contributed by atoms with Crippen LogP contribution in [0.2, 0.25) is 0 Å². The van der Waals surface area contributed by atoms with Crippen LogP contribution in [0.5, 0.6) is 0 Å². The first-order chi connectivity index (χ1) is 7.47. The zero-order valence-electron chi connectivity index (χ0n) is 9.52. The topological polar surface area (TPSA) is 84.5 Å². The van der Waals surface area contributed by atoms with Crippen LogP contribution in [0.1, 0.15) is 13.3 Å². The molecular formula is C9H18N2O4S. The van der Waals surface area contributed by atoms with Crippen LogP contribution in [0.15, 0.2) is 0 Å². The van der Waals surface area contributed by atoms with Gasteiger partial charge >= 0.3 is 5.97 Å². The van der Waals surface area contributed by atoms with E-state index in [-0.39, 0.29) is 0 Å². The molecule has 1 heterocycles. The second-order valence-electron chi connectivity index (χ2n) is 3.92. The maximum absolute atomic E-state index is 11.7. The third-order valence-corrected chi connectivity index (χ3v) is 4.43. The lowest BCUT2D eigenvalue weighted by Crippen LogP contribution is -2.40. The summed E-state index contributed by atoms with van der Waals surface area (Å²) >= 11 is 0. The summed E-state index contributed by atoms with van der Waals surface area (Å²) < 4.78 is 30.2. The van der Waals surface area contributed by atoms with Crippen LogP contribution in [0.4, 0.5) is 0 Å². The standard InChI is InChI=1S/C9H18N2O4S/c1-7(9(12)15-2)16(13,14)11-6-8-3-4-10-5-8/h7-8,10-11H,3-6H2,1-2H3. The van der Waals surface area contributed by atoms with E-state index in [1.54, 1.807) is 0 Å². The van der Waals surface area contributed by atoms with Gasteiger partial charge in [0.2, 0.25) is 10.0 Å². The molecule has 2 unspecified atom stereocenters. The number of nitrogens with one attached hydrogen (secondary N) is 2. The summed E-state index contributed by atoms with van der Waals surface area (Å²) in [6, 6.07) is 0. The molecule has 0 aromatic heterocycles. The Morgan fingerprint density at radius 2 is 2.31 bits per heavy atom. The molecule has 1 aliphatic rings. The lowest BCUT2D eigenvalue weighted by molar-refractivity contribution is -0.139. The van der Waals surface area contributed by atoms with Crippen LogP contribution in [0.25, 0.3) is 0 Å². The number of sulfonamides is 1. The molecule has 94 valence electrons. The van der Waals surface area contributed by atoms with Crippen molar-refractivity contribution in [3.8, 4) is 0 Å². The van der Waals surface area contributed by atoms with Gasteiger partial charge in [0, 0.05) is 6.54 Å². The Kier molecular flexibility index (Phi) is 4.69. The Morgan fingerprint density at radius 3 is 2.81 bits per heavy atom. The normalized spacial score (nSPS) is 23.0. The van der Waals surface area contributed by atoms with Gasteiger partial charge in [-0.2, -0.15) is 0 Å². The number of carbonyl (C=O) groups is 1. The smallest absolute Gasteiger partial charge is 0.325 e. The van der Waals surface area contributed by atoms with Gasteiger partial charge in [-0.1, -0.05) is 0 Å². The highest BCUT2D eigenvalue weighted by atomic mass is 32.2. The van der Waals surface area contributed by atoms with Crippen molar-refractivity contribution in [1.82, 2.24) is 10.0 Å². The molecule has 7 heteroatoms. The zero-order valence-corrected chi connectivity index (χ0v) is 10.3. The molecular weight excluding hydrogens is 232 g/mol. The van der Waals surface area contributed by atoms with Gasteiger partial charge in [-0.05, 0) is 32.4 Å². The molecule has 0 radical (unpaired) electrons. The Labute approximate surface area is 95.8 Å². The molecule has 0 spiro atoms. The van der Waals surface area contributed by atoms with Crippen molar-refractivity contribution in [3.05, 3.63) is 0 Å². The molecule has 0 bridgehead atoms. The number of ether oxygens (including phenoxy) is 1. The van der Waals surface area contributed by atoms with Crippen molar-refractivity contribution in [2.75, 3.05) is 26.7 Å². The first kappa shape index (κ1) is 13.4. The first-order valence-electron chi connectivity index (χ1n) is 5.24. The predicted molar refractivity (Wildman–Crippen MR) is 59.4 cm³/mol. The molecule has 0 amide bonds. The van der Waals surface area contributed by atoms with Crippen molar-refractivity contribution < 1.29 is 17.9 Å². The fraction of sp³-hybridized carbons (Fsp3) is 0.889. The molecule has 2 N–H and O–H groups in total. The van der Waals surface area contributed by atoms with Gasteiger partial charge in [-0.25, -0.2) is 13.1 Å². The summed E-state index contributed by atoms with van der Waals surface area (Å²) in [6.45, 7) is 3.42. The minimum absolute atomic E-state index is 0.305. The van der Waals surface area contributed by atoms with Crippen LogP contribution in [0, 0.1) is 5.92 Å². The number of esters is 1. The van der Waals surface area contributed by atoms with Crippen LogP contribution in [-0.2, 0) is 19.6 Å². The van der Waals surface area contributed by atoms with Crippen molar-refractivity contribution in [3.63, 3.8) is 0 Å². The number of hydrogen-bond donors (Lipinski definition) is 2. The van der Waals surface area contributed by atoms with E-state index in [1.807, 2.05) is 0 Å². The Morgan fingerprint density at radius 1 is 1.62 bits per heavy atom. The summed E-state index contributed by atoms with van der Waals surface area (Å²) in [5.74, 6) is -0.434. The van der Waals surface area contributed by atoms with Crippen molar-refractivity contribution in [2.24, 2.45) is 5.92 Å². The van der Waals surface area contributed by atoms with E-state index in [2.05, 4.69) is 14.8 Å². The predicted octanol–water partition coefficient (Wildman–Crippen LogP) is -0.923. The maximum atomic E-state index is 11.7. The summed E-state index contributed by atoms with van der Waals surface area (Å²) in [5.41, 5.74) is 0. The molecule has 1 fully saturated rings. The summed E-state index contributed by atoms with van der Waals surface area (Å²) in [7, 11) is -2.44. The fourth-order valence-electron chi connectivity index (χ4n) is 1.54. The third kappa shape index (κ3) is 3.43. The van der Waals surface area contributed by atoms with Gasteiger partial charge in [0.15, 0.2) is 5.25 Å². The molecule has 1 saturated heterocycles. The van der Waals surface area contributed by atoms with Crippen molar-refractivity contribution in [2.45, 2.75) is 18.6 Å². The number of rotatable bonds is 5. The van der Waals surface area contributed by atoms with E-state index >= 15 is 0 Å². The summed E-state index contributed by atoms with van der Waals surface area (Å²) in [5, 5.41) is 1.98. The van der Waals surface area contributed by atoms with Crippen LogP contribution in [0.3, 0.4) is 0 Å². The molecule has 0 aliphatic carbocycles. The van der Waals surface area contributed by atoms with Crippen LogP contribution < -0.4 is 10.0 Å². The average molecular weight is 250 g/mol. The van der Waals surface area contributed by atoms with Gasteiger partial charge in [0.1, 0.15) is 0 Å². The molecule has 0 aromatic rings. The minimum atomic E-state index is -3.61. The number of methoxy groups -OCH3 is 1. The Hall–Kier alpha value is -0.660. The molecule has 0 saturated carbocycles. The van der Waals surface area contributed by atoms with Gasteiger partial charge in [0.25, 0.3) is 0 Å². The van der Waals surface area contributed by atoms with Gasteiger partial charge in [0.05, 0.1) is 7.11 Å². The van der Waals surface area contributed by atoms with E-state index in [0.717, 1.165) is 19.5 Å². The highest BCUT2D eigenvalue weighted by Crippen LogP contribution is 2.07.